The quantitative estimate of drug-likeness (QED) is 0.584. The summed E-state index contributed by atoms with van der Waals surface area (Å²) in [5.74, 6) is -0.0328. The Morgan fingerprint density at radius 1 is 1.00 bits per heavy atom. The van der Waals surface area contributed by atoms with Crippen LogP contribution in [-0.2, 0) is 11.3 Å². The second-order valence-corrected chi connectivity index (χ2v) is 8.33. The van der Waals surface area contributed by atoms with E-state index < -0.39 is 5.54 Å². The maximum atomic E-state index is 13.0. The Labute approximate surface area is 174 Å². The Morgan fingerprint density at radius 3 is 2.29 bits per heavy atom. The van der Waals surface area contributed by atoms with E-state index >= 15 is 0 Å². The average Bonchev–Trinajstić information content (AvgIpc) is 3.16. The number of amides is 3. The van der Waals surface area contributed by atoms with Gasteiger partial charge < -0.3 is 21.3 Å². The Hall–Kier alpha value is -1.79. The van der Waals surface area contributed by atoms with Crippen LogP contribution in [0, 0.1) is 5.41 Å². The molecule has 7 heteroatoms. The molecule has 4 N–H and O–H groups in total. The van der Waals surface area contributed by atoms with Crippen LogP contribution in [0.2, 0.25) is 0 Å². The Bertz CT molecular complexity index is 641. The smallest absolute Gasteiger partial charge is 0.315 e. The molecule has 0 spiro atoms. The molecule has 2 aliphatic rings. The van der Waals surface area contributed by atoms with Crippen molar-refractivity contribution in [1.82, 2.24) is 21.3 Å². The van der Waals surface area contributed by atoms with Gasteiger partial charge in [-0.2, -0.15) is 0 Å². The molecule has 1 aromatic carbocycles. The van der Waals surface area contributed by atoms with Crippen molar-refractivity contribution in [3.63, 3.8) is 0 Å². The van der Waals surface area contributed by atoms with Crippen LogP contribution in [0.15, 0.2) is 30.3 Å². The Morgan fingerprint density at radius 2 is 1.64 bits per heavy atom. The minimum Gasteiger partial charge on any atom is -0.354 e. The normalized spacial score (nSPS) is 19.9. The lowest BCUT2D eigenvalue weighted by Gasteiger charge is -2.36. The molecule has 0 atom stereocenters. The molecule has 0 unspecified atom stereocenters. The van der Waals surface area contributed by atoms with Gasteiger partial charge in [-0.1, -0.05) is 50.1 Å². The zero-order chi connectivity index (χ0) is 19.2. The molecule has 6 nitrogen and oxygen atoms in total. The van der Waals surface area contributed by atoms with Gasteiger partial charge in [-0.05, 0) is 49.8 Å². The molecule has 28 heavy (non-hydrogen) atoms. The van der Waals surface area contributed by atoms with Crippen LogP contribution in [-0.4, -0.2) is 37.1 Å². The van der Waals surface area contributed by atoms with Crippen LogP contribution in [0.25, 0.3) is 0 Å². The first-order chi connectivity index (χ1) is 13.0. The van der Waals surface area contributed by atoms with E-state index in [9.17, 15) is 9.59 Å². The number of urea groups is 1. The Kier molecular flexibility index (Phi) is 8.13. The maximum absolute atomic E-state index is 13.0. The highest BCUT2D eigenvalue weighted by Crippen LogP contribution is 2.31. The third kappa shape index (κ3) is 5.85. The molecule has 0 bridgehead atoms. The number of hydrogen-bond donors (Lipinski definition) is 4. The molecule has 1 heterocycles. The summed E-state index contributed by atoms with van der Waals surface area (Å²) >= 11 is 0. The molecule has 0 radical (unpaired) electrons. The van der Waals surface area contributed by atoms with E-state index in [1.807, 2.05) is 30.3 Å². The number of rotatable bonds is 6. The van der Waals surface area contributed by atoms with Gasteiger partial charge in [0.1, 0.15) is 5.54 Å². The lowest BCUT2D eigenvalue weighted by atomic mass is 9.80. The summed E-state index contributed by atoms with van der Waals surface area (Å²) in [7, 11) is 0. The van der Waals surface area contributed by atoms with E-state index in [-0.39, 0.29) is 29.8 Å². The van der Waals surface area contributed by atoms with Crippen molar-refractivity contribution < 1.29 is 9.59 Å². The van der Waals surface area contributed by atoms with Gasteiger partial charge in [-0.25, -0.2) is 4.79 Å². The number of halogens is 1. The highest BCUT2D eigenvalue weighted by molar-refractivity contribution is 5.91. The highest BCUT2D eigenvalue weighted by atomic mass is 35.5. The zero-order valence-electron chi connectivity index (χ0n) is 16.7. The van der Waals surface area contributed by atoms with Crippen LogP contribution in [0.3, 0.4) is 0 Å². The maximum Gasteiger partial charge on any atom is 0.315 e. The first-order valence-electron chi connectivity index (χ1n) is 10.1. The van der Waals surface area contributed by atoms with E-state index in [2.05, 4.69) is 28.2 Å². The minimum absolute atomic E-state index is 0. The van der Waals surface area contributed by atoms with E-state index in [4.69, 9.17) is 0 Å². The van der Waals surface area contributed by atoms with E-state index in [0.717, 1.165) is 44.3 Å². The molecule has 156 valence electrons. The molecule has 3 amide bonds. The molecule has 2 fully saturated rings. The van der Waals surface area contributed by atoms with Crippen molar-refractivity contribution in [1.29, 1.82) is 0 Å². The Balaban J connectivity index is 0.00000280. The molecular formula is C21H33ClN4O2. The van der Waals surface area contributed by atoms with Gasteiger partial charge in [0.15, 0.2) is 0 Å². The van der Waals surface area contributed by atoms with Crippen molar-refractivity contribution in [2.24, 2.45) is 5.41 Å². The topological polar surface area (TPSA) is 82.3 Å². The average molecular weight is 409 g/mol. The number of carbonyl (C=O) groups is 2. The fourth-order valence-corrected chi connectivity index (χ4v) is 4.10. The van der Waals surface area contributed by atoms with Gasteiger partial charge >= 0.3 is 6.03 Å². The number of hydrogen-bond acceptors (Lipinski definition) is 3. The SMILES string of the molecule is CC1(CNC(=O)C2(NC(=O)NCc3ccccc3)CCCC2)CCNCC1.Cl. The molecule has 1 aliphatic heterocycles. The molecular weight excluding hydrogens is 376 g/mol. The first-order valence-corrected chi connectivity index (χ1v) is 10.1. The second kappa shape index (κ2) is 10.1. The van der Waals surface area contributed by atoms with Gasteiger partial charge in [0.25, 0.3) is 0 Å². The summed E-state index contributed by atoms with van der Waals surface area (Å²) in [6.07, 6.45) is 5.46. The van der Waals surface area contributed by atoms with Gasteiger partial charge in [0, 0.05) is 13.1 Å². The summed E-state index contributed by atoms with van der Waals surface area (Å²) in [5, 5.41) is 12.4. The highest BCUT2D eigenvalue weighted by Gasteiger charge is 2.43. The van der Waals surface area contributed by atoms with E-state index in [1.165, 1.54) is 0 Å². The van der Waals surface area contributed by atoms with Crippen molar-refractivity contribution in [2.45, 2.75) is 57.5 Å². The predicted molar refractivity (Wildman–Crippen MR) is 113 cm³/mol. The number of nitrogens with one attached hydrogen (secondary N) is 4. The molecule has 1 saturated heterocycles. The molecule has 1 aliphatic carbocycles. The van der Waals surface area contributed by atoms with Crippen LogP contribution >= 0.6 is 12.4 Å². The van der Waals surface area contributed by atoms with Gasteiger partial charge in [-0.3, -0.25) is 4.79 Å². The number of benzene rings is 1. The van der Waals surface area contributed by atoms with Crippen molar-refractivity contribution >= 4 is 24.3 Å². The number of piperidine rings is 1. The van der Waals surface area contributed by atoms with E-state index in [0.29, 0.717) is 25.9 Å². The summed E-state index contributed by atoms with van der Waals surface area (Å²) in [4.78, 5) is 25.4. The van der Waals surface area contributed by atoms with Crippen LogP contribution in [0.1, 0.15) is 51.0 Å². The fourth-order valence-electron chi connectivity index (χ4n) is 4.10. The zero-order valence-corrected chi connectivity index (χ0v) is 17.5. The fraction of sp³-hybridized carbons (Fsp3) is 0.619. The summed E-state index contributed by atoms with van der Waals surface area (Å²) < 4.78 is 0. The summed E-state index contributed by atoms with van der Waals surface area (Å²) in [6.45, 7) is 5.35. The largest absolute Gasteiger partial charge is 0.354 e. The number of carbonyl (C=O) groups excluding carboxylic acids is 2. The van der Waals surface area contributed by atoms with Crippen LogP contribution in [0.4, 0.5) is 4.79 Å². The second-order valence-electron chi connectivity index (χ2n) is 8.33. The monoisotopic (exact) mass is 408 g/mol. The van der Waals surface area contributed by atoms with Crippen LogP contribution < -0.4 is 21.3 Å². The third-order valence-corrected chi connectivity index (χ3v) is 6.03. The lowest BCUT2D eigenvalue weighted by molar-refractivity contribution is -0.127. The molecule has 1 aromatic rings. The van der Waals surface area contributed by atoms with Gasteiger partial charge in [0.2, 0.25) is 5.91 Å². The predicted octanol–water partition coefficient (Wildman–Crippen LogP) is 2.73. The third-order valence-electron chi connectivity index (χ3n) is 6.03. The molecule has 1 saturated carbocycles. The van der Waals surface area contributed by atoms with E-state index in [1.54, 1.807) is 0 Å². The van der Waals surface area contributed by atoms with Gasteiger partial charge in [-0.15, -0.1) is 12.4 Å². The minimum atomic E-state index is -0.774. The standard InChI is InChI=1S/C21H32N4O2.ClH/c1-20(11-13-22-14-12-20)16-24-18(26)21(9-5-6-10-21)25-19(27)23-15-17-7-3-2-4-8-17;/h2-4,7-8,22H,5-6,9-16H2,1H3,(H,24,26)(H2,23,25,27);1H. The van der Waals surface area contributed by atoms with Gasteiger partial charge in [0.05, 0.1) is 0 Å². The van der Waals surface area contributed by atoms with Crippen molar-refractivity contribution in [2.75, 3.05) is 19.6 Å². The van der Waals surface area contributed by atoms with Crippen molar-refractivity contribution in [3.05, 3.63) is 35.9 Å². The first kappa shape index (κ1) is 22.5. The lowest BCUT2D eigenvalue weighted by Crippen LogP contribution is -2.60. The van der Waals surface area contributed by atoms with Crippen LogP contribution in [0.5, 0.6) is 0 Å². The van der Waals surface area contributed by atoms with Crippen molar-refractivity contribution in [3.8, 4) is 0 Å². The summed E-state index contributed by atoms with van der Waals surface area (Å²) in [5.41, 5.74) is 0.400. The summed E-state index contributed by atoms with van der Waals surface area (Å²) in [6, 6.07) is 9.51. The molecule has 0 aromatic heterocycles. The molecule has 3 rings (SSSR count).